The van der Waals surface area contributed by atoms with Crippen LogP contribution in [0.25, 0.3) is 11.1 Å². The van der Waals surface area contributed by atoms with E-state index in [0.717, 1.165) is 5.56 Å². The first-order valence-corrected chi connectivity index (χ1v) is 6.08. The third-order valence-corrected chi connectivity index (χ3v) is 2.93. The molecule has 0 atom stereocenters. The summed E-state index contributed by atoms with van der Waals surface area (Å²) in [6.45, 7) is 0. The Morgan fingerprint density at radius 2 is 1.70 bits per heavy atom. The fraction of sp³-hybridized carbons (Fsp3) is 0.133. The monoisotopic (exact) mass is 271 g/mol. The van der Waals surface area contributed by atoms with E-state index >= 15 is 0 Å². The summed E-state index contributed by atoms with van der Waals surface area (Å²) in [5.41, 5.74) is 1.97. The van der Waals surface area contributed by atoms with Gasteiger partial charge in [-0.3, -0.25) is 4.79 Å². The summed E-state index contributed by atoms with van der Waals surface area (Å²) in [5.74, 6) is -1.99. The van der Waals surface area contributed by atoms with Crippen LogP contribution in [0.5, 0.6) is 0 Å². The molecule has 5 nitrogen and oxygen atoms in total. The van der Waals surface area contributed by atoms with Gasteiger partial charge in [0.25, 0.3) is 0 Å². The Morgan fingerprint density at radius 3 is 2.40 bits per heavy atom. The maximum absolute atomic E-state index is 11.2. The summed E-state index contributed by atoms with van der Waals surface area (Å²) in [7, 11) is 0. The normalized spacial score (nSPS) is 10.2. The smallest absolute Gasteiger partial charge is 0.355 e. The van der Waals surface area contributed by atoms with Gasteiger partial charge in [0.1, 0.15) is 0 Å². The maximum Gasteiger partial charge on any atom is 0.355 e. The summed E-state index contributed by atoms with van der Waals surface area (Å²) in [6, 6.07) is 10.5. The Bertz CT molecular complexity index is 652. The van der Waals surface area contributed by atoms with Gasteiger partial charge in [-0.2, -0.15) is 0 Å². The lowest BCUT2D eigenvalue weighted by molar-refractivity contribution is -0.136. The number of carboxylic acid groups (broad SMARTS) is 2. The lowest BCUT2D eigenvalue weighted by Crippen LogP contribution is -2.04. The van der Waals surface area contributed by atoms with Crippen LogP contribution in [0.3, 0.4) is 0 Å². The largest absolute Gasteiger partial charge is 0.481 e. The summed E-state index contributed by atoms with van der Waals surface area (Å²) < 4.78 is 0. The van der Waals surface area contributed by atoms with Crippen LogP contribution >= 0.6 is 0 Å². The highest BCUT2D eigenvalue weighted by molar-refractivity contribution is 5.94. The average Bonchev–Trinajstić information content (AvgIpc) is 2.45. The first-order valence-electron chi connectivity index (χ1n) is 6.08. The van der Waals surface area contributed by atoms with Crippen LogP contribution in [0.2, 0.25) is 0 Å². The van der Waals surface area contributed by atoms with Crippen LogP contribution in [0.15, 0.2) is 42.6 Å². The van der Waals surface area contributed by atoms with Gasteiger partial charge in [-0.1, -0.05) is 30.3 Å². The molecule has 102 valence electrons. The second-order valence-corrected chi connectivity index (χ2v) is 4.26. The number of pyridine rings is 1. The topological polar surface area (TPSA) is 87.5 Å². The molecule has 1 aromatic carbocycles. The average molecular weight is 271 g/mol. The molecule has 0 aliphatic rings. The second-order valence-electron chi connectivity index (χ2n) is 4.26. The Balaban J connectivity index is 2.47. The molecule has 0 saturated carbocycles. The molecule has 5 heteroatoms. The van der Waals surface area contributed by atoms with Crippen LogP contribution in [-0.2, 0) is 11.2 Å². The summed E-state index contributed by atoms with van der Waals surface area (Å²) in [5, 5.41) is 18.0. The summed E-state index contributed by atoms with van der Waals surface area (Å²) in [6.07, 6.45) is 1.77. The zero-order valence-corrected chi connectivity index (χ0v) is 10.6. The van der Waals surface area contributed by atoms with Crippen molar-refractivity contribution < 1.29 is 19.8 Å². The standard InChI is InChI=1S/C15H13NO4/c17-13(18)8-7-10-4-1-2-5-11(10)12-6-3-9-16-14(12)15(19)20/h1-6,9H,7-8H2,(H,17,18)(H,19,20). The molecule has 0 aliphatic carbocycles. The lowest BCUT2D eigenvalue weighted by atomic mass is 9.95. The van der Waals surface area contributed by atoms with Gasteiger partial charge in [-0.25, -0.2) is 9.78 Å². The van der Waals surface area contributed by atoms with Gasteiger partial charge >= 0.3 is 11.9 Å². The minimum Gasteiger partial charge on any atom is -0.481 e. The Hall–Kier alpha value is -2.69. The van der Waals surface area contributed by atoms with Crippen molar-refractivity contribution in [2.75, 3.05) is 0 Å². The Kier molecular flexibility index (Phi) is 4.10. The molecular formula is C15H13NO4. The number of aromatic nitrogens is 1. The molecule has 0 aliphatic heterocycles. The van der Waals surface area contributed by atoms with Crippen LogP contribution < -0.4 is 0 Å². The molecule has 1 aromatic heterocycles. The summed E-state index contributed by atoms with van der Waals surface area (Å²) >= 11 is 0. The first-order chi connectivity index (χ1) is 9.59. The first kappa shape index (κ1) is 13.7. The second kappa shape index (κ2) is 5.97. The number of nitrogens with zero attached hydrogens (tertiary/aromatic N) is 1. The fourth-order valence-corrected chi connectivity index (χ4v) is 2.04. The van der Waals surface area contributed by atoms with E-state index in [9.17, 15) is 14.7 Å². The van der Waals surface area contributed by atoms with Crippen molar-refractivity contribution in [3.8, 4) is 11.1 Å². The van der Waals surface area contributed by atoms with Gasteiger partial charge in [0.2, 0.25) is 0 Å². The van der Waals surface area contributed by atoms with E-state index in [-0.39, 0.29) is 12.1 Å². The molecule has 2 aromatic rings. The highest BCUT2D eigenvalue weighted by Gasteiger charge is 2.15. The van der Waals surface area contributed by atoms with Crippen LogP contribution in [0.4, 0.5) is 0 Å². The molecule has 20 heavy (non-hydrogen) atoms. The van der Waals surface area contributed by atoms with Crippen molar-refractivity contribution >= 4 is 11.9 Å². The Morgan fingerprint density at radius 1 is 1.00 bits per heavy atom. The number of carbonyl (C=O) groups is 2. The van der Waals surface area contributed by atoms with Gasteiger partial charge in [0, 0.05) is 18.2 Å². The minimum absolute atomic E-state index is 0.000317. The van der Waals surface area contributed by atoms with Crippen molar-refractivity contribution in [2.45, 2.75) is 12.8 Å². The molecule has 0 unspecified atom stereocenters. The third-order valence-electron chi connectivity index (χ3n) is 2.93. The van der Waals surface area contributed by atoms with Gasteiger partial charge < -0.3 is 10.2 Å². The molecule has 0 saturated heterocycles. The van der Waals surface area contributed by atoms with Crippen LogP contribution in [0, 0.1) is 0 Å². The van der Waals surface area contributed by atoms with Crippen LogP contribution in [-0.4, -0.2) is 27.1 Å². The molecule has 2 N–H and O–H groups in total. The van der Waals surface area contributed by atoms with Crippen molar-refractivity contribution in [3.05, 3.63) is 53.9 Å². The fourth-order valence-electron chi connectivity index (χ4n) is 2.04. The molecule has 0 bridgehead atoms. The number of aliphatic carboxylic acids is 1. The van der Waals surface area contributed by atoms with E-state index < -0.39 is 11.9 Å². The minimum atomic E-state index is -1.10. The van der Waals surface area contributed by atoms with E-state index in [0.29, 0.717) is 17.5 Å². The molecule has 2 rings (SSSR count). The number of aromatic carboxylic acids is 1. The predicted octanol–water partition coefficient (Wildman–Crippen LogP) is 2.46. The van der Waals surface area contributed by atoms with Crippen molar-refractivity contribution in [3.63, 3.8) is 0 Å². The Labute approximate surface area is 115 Å². The molecule has 1 heterocycles. The predicted molar refractivity (Wildman–Crippen MR) is 72.6 cm³/mol. The number of aryl methyl sites for hydroxylation is 1. The van der Waals surface area contributed by atoms with Gasteiger partial charge in [-0.15, -0.1) is 0 Å². The van der Waals surface area contributed by atoms with Gasteiger partial charge in [-0.05, 0) is 23.6 Å². The van der Waals surface area contributed by atoms with Crippen LogP contribution in [0.1, 0.15) is 22.5 Å². The number of hydrogen-bond donors (Lipinski definition) is 2. The van der Waals surface area contributed by atoms with E-state index in [1.54, 1.807) is 36.4 Å². The maximum atomic E-state index is 11.2. The number of carboxylic acids is 2. The number of rotatable bonds is 5. The van der Waals surface area contributed by atoms with Gasteiger partial charge in [0.15, 0.2) is 5.69 Å². The van der Waals surface area contributed by atoms with Crippen molar-refractivity contribution in [1.82, 2.24) is 4.98 Å². The SMILES string of the molecule is O=C(O)CCc1ccccc1-c1cccnc1C(=O)O. The zero-order valence-electron chi connectivity index (χ0n) is 10.6. The van der Waals surface area contributed by atoms with Crippen molar-refractivity contribution in [1.29, 1.82) is 0 Å². The molecular weight excluding hydrogens is 258 g/mol. The quantitative estimate of drug-likeness (QED) is 0.872. The number of hydrogen-bond acceptors (Lipinski definition) is 3. The lowest BCUT2D eigenvalue weighted by Gasteiger charge is -2.10. The number of benzene rings is 1. The van der Waals surface area contributed by atoms with E-state index in [4.69, 9.17) is 5.11 Å². The van der Waals surface area contributed by atoms with E-state index in [2.05, 4.69) is 4.98 Å². The van der Waals surface area contributed by atoms with Crippen molar-refractivity contribution in [2.24, 2.45) is 0 Å². The third kappa shape index (κ3) is 3.00. The zero-order chi connectivity index (χ0) is 14.5. The van der Waals surface area contributed by atoms with E-state index in [1.807, 2.05) is 0 Å². The highest BCUT2D eigenvalue weighted by atomic mass is 16.4. The van der Waals surface area contributed by atoms with Gasteiger partial charge in [0.05, 0.1) is 0 Å². The highest BCUT2D eigenvalue weighted by Crippen LogP contribution is 2.27. The molecule has 0 amide bonds. The van der Waals surface area contributed by atoms with E-state index in [1.165, 1.54) is 6.20 Å². The summed E-state index contributed by atoms with van der Waals surface area (Å²) in [4.78, 5) is 25.8. The molecule has 0 fully saturated rings. The molecule has 0 spiro atoms. The molecule has 0 radical (unpaired) electrons.